The Hall–Kier alpha value is -2.15. The number of nitrogens with one attached hydrogen (secondary N) is 1. The van der Waals surface area contributed by atoms with E-state index in [0.29, 0.717) is 18.8 Å². The monoisotopic (exact) mass is 295 g/mol. The molecule has 0 radical (unpaired) electrons. The molecule has 7 heteroatoms. The molecule has 21 heavy (non-hydrogen) atoms. The Morgan fingerprint density at radius 2 is 2.00 bits per heavy atom. The third-order valence-corrected chi connectivity index (χ3v) is 2.90. The fourth-order valence-corrected chi connectivity index (χ4v) is 1.80. The highest BCUT2D eigenvalue weighted by atomic mass is 16.5. The number of rotatable bonds is 7. The van der Waals surface area contributed by atoms with Crippen LogP contribution in [0.2, 0.25) is 0 Å². The molecule has 0 saturated carbocycles. The number of esters is 1. The van der Waals surface area contributed by atoms with Crippen molar-refractivity contribution in [2.45, 2.75) is 13.8 Å². The lowest BCUT2D eigenvalue weighted by atomic mass is 10.3. The van der Waals surface area contributed by atoms with Gasteiger partial charge in [0.25, 0.3) is 5.91 Å². The van der Waals surface area contributed by atoms with Crippen molar-refractivity contribution in [3.05, 3.63) is 24.0 Å². The predicted molar refractivity (Wildman–Crippen MR) is 76.6 cm³/mol. The Kier molecular flexibility index (Phi) is 6.61. The van der Waals surface area contributed by atoms with E-state index in [1.54, 1.807) is 41.8 Å². The lowest BCUT2D eigenvalue weighted by molar-refractivity contribution is -0.144. The molecule has 116 valence electrons. The van der Waals surface area contributed by atoms with Gasteiger partial charge in [-0.3, -0.25) is 24.6 Å². The zero-order valence-electron chi connectivity index (χ0n) is 12.6. The molecule has 1 rings (SSSR count). The Morgan fingerprint density at radius 1 is 1.29 bits per heavy atom. The van der Waals surface area contributed by atoms with E-state index in [2.05, 4.69) is 5.32 Å². The molecule has 1 N–H and O–H groups in total. The number of aromatic nitrogens is 1. The van der Waals surface area contributed by atoms with E-state index in [-0.39, 0.29) is 19.1 Å². The van der Waals surface area contributed by atoms with Crippen LogP contribution in [-0.4, -0.2) is 53.5 Å². The summed E-state index contributed by atoms with van der Waals surface area (Å²) in [4.78, 5) is 36.7. The predicted octanol–water partition coefficient (Wildman–Crippen LogP) is 0.167. The van der Waals surface area contributed by atoms with Crippen molar-refractivity contribution in [3.63, 3.8) is 0 Å². The maximum atomic E-state index is 11.9. The second kappa shape index (κ2) is 8.21. The summed E-state index contributed by atoms with van der Waals surface area (Å²) in [6.07, 6.45) is 1.72. The minimum absolute atomic E-state index is 0.0239. The smallest absolute Gasteiger partial charge is 0.320 e. The molecule has 0 aliphatic carbocycles. The first-order valence-corrected chi connectivity index (χ1v) is 6.81. The van der Waals surface area contributed by atoms with Gasteiger partial charge in [0, 0.05) is 13.2 Å². The molecule has 0 saturated heterocycles. The van der Waals surface area contributed by atoms with E-state index in [0.717, 1.165) is 0 Å². The van der Waals surface area contributed by atoms with Gasteiger partial charge in [-0.1, -0.05) is 6.92 Å². The molecule has 0 atom stereocenters. The molecule has 0 aromatic carbocycles. The quantitative estimate of drug-likeness (QED) is 0.725. The third kappa shape index (κ3) is 5.39. The van der Waals surface area contributed by atoms with Crippen molar-refractivity contribution in [3.8, 4) is 0 Å². The Balaban J connectivity index is 2.49. The molecule has 1 aromatic heterocycles. The summed E-state index contributed by atoms with van der Waals surface area (Å²) in [7, 11) is 1.72. The van der Waals surface area contributed by atoms with Crippen molar-refractivity contribution >= 4 is 17.8 Å². The van der Waals surface area contributed by atoms with E-state index >= 15 is 0 Å². The van der Waals surface area contributed by atoms with Crippen LogP contribution in [0.3, 0.4) is 0 Å². The van der Waals surface area contributed by atoms with Gasteiger partial charge in [-0.2, -0.15) is 0 Å². The molecule has 0 bridgehead atoms. The van der Waals surface area contributed by atoms with Crippen LogP contribution in [0.1, 0.15) is 24.3 Å². The standard InChI is InChI=1S/C14H21N3O4/c1-4-17(10-13(19)21-5-2)9-12(18)15-14(20)11-7-6-8-16(11)3/h6-8H,4-5,9-10H2,1-3H3,(H,15,18,20). The molecule has 0 fully saturated rings. The summed E-state index contributed by atoms with van der Waals surface area (Å²) in [5.74, 6) is -1.30. The van der Waals surface area contributed by atoms with E-state index < -0.39 is 11.8 Å². The van der Waals surface area contributed by atoms with Gasteiger partial charge in [0.05, 0.1) is 19.7 Å². The average Bonchev–Trinajstić information content (AvgIpc) is 2.84. The molecule has 1 heterocycles. The normalized spacial score (nSPS) is 10.5. The third-order valence-electron chi connectivity index (χ3n) is 2.90. The van der Waals surface area contributed by atoms with Crippen LogP contribution in [0.15, 0.2) is 18.3 Å². The number of nitrogens with zero attached hydrogens (tertiary/aromatic N) is 2. The number of likely N-dealkylation sites (N-methyl/N-ethyl adjacent to an activating group) is 1. The van der Waals surface area contributed by atoms with Crippen molar-refractivity contribution in [2.24, 2.45) is 7.05 Å². The van der Waals surface area contributed by atoms with Crippen molar-refractivity contribution in [2.75, 3.05) is 26.2 Å². The first-order valence-electron chi connectivity index (χ1n) is 6.81. The van der Waals surface area contributed by atoms with E-state index in [9.17, 15) is 14.4 Å². The van der Waals surface area contributed by atoms with Crippen LogP contribution in [0.4, 0.5) is 0 Å². The minimum atomic E-state index is -0.459. The maximum absolute atomic E-state index is 11.9. The summed E-state index contributed by atoms with van der Waals surface area (Å²) >= 11 is 0. The number of ether oxygens (including phenoxy) is 1. The van der Waals surface area contributed by atoms with Crippen molar-refractivity contribution in [1.29, 1.82) is 0 Å². The number of hydrogen-bond donors (Lipinski definition) is 1. The summed E-state index contributed by atoms with van der Waals surface area (Å²) in [6, 6.07) is 3.34. The maximum Gasteiger partial charge on any atom is 0.320 e. The van der Waals surface area contributed by atoms with Crippen LogP contribution in [-0.2, 0) is 21.4 Å². The number of hydrogen-bond acceptors (Lipinski definition) is 5. The van der Waals surface area contributed by atoms with Crippen LogP contribution in [0.5, 0.6) is 0 Å². The second-order valence-corrected chi connectivity index (χ2v) is 4.49. The fraction of sp³-hybridized carbons (Fsp3) is 0.500. The number of imide groups is 1. The molecule has 7 nitrogen and oxygen atoms in total. The van der Waals surface area contributed by atoms with Gasteiger partial charge in [-0.25, -0.2) is 0 Å². The SMILES string of the molecule is CCOC(=O)CN(CC)CC(=O)NC(=O)c1cccn1C. The lowest BCUT2D eigenvalue weighted by Gasteiger charge is -2.18. The zero-order valence-corrected chi connectivity index (χ0v) is 12.6. The highest BCUT2D eigenvalue weighted by Gasteiger charge is 2.17. The average molecular weight is 295 g/mol. The molecule has 0 unspecified atom stereocenters. The number of carbonyl (C=O) groups is 3. The van der Waals surface area contributed by atoms with Gasteiger partial charge in [0.15, 0.2) is 0 Å². The Morgan fingerprint density at radius 3 is 2.52 bits per heavy atom. The van der Waals surface area contributed by atoms with Gasteiger partial charge in [-0.05, 0) is 25.6 Å². The first-order chi connectivity index (χ1) is 9.97. The van der Waals surface area contributed by atoms with Gasteiger partial charge in [-0.15, -0.1) is 0 Å². The lowest BCUT2D eigenvalue weighted by Crippen LogP contribution is -2.42. The van der Waals surface area contributed by atoms with Gasteiger partial charge in [0.2, 0.25) is 5.91 Å². The van der Waals surface area contributed by atoms with Crippen LogP contribution >= 0.6 is 0 Å². The topological polar surface area (TPSA) is 80.6 Å². The van der Waals surface area contributed by atoms with Crippen LogP contribution in [0, 0.1) is 0 Å². The molecule has 2 amide bonds. The van der Waals surface area contributed by atoms with Crippen molar-refractivity contribution in [1.82, 2.24) is 14.8 Å². The number of amides is 2. The van der Waals surface area contributed by atoms with Gasteiger partial charge in [0.1, 0.15) is 5.69 Å². The van der Waals surface area contributed by atoms with E-state index in [4.69, 9.17) is 4.74 Å². The molecule has 0 aliphatic heterocycles. The Labute approximate surface area is 123 Å². The molecular formula is C14H21N3O4. The largest absolute Gasteiger partial charge is 0.465 e. The zero-order chi connectivity index (χ0) is 15.8. The summed E-state index contributed by atoms with van der Waals surface area (Å²) < 4.78 is 6.45. The fourth-order valence-electron chi connectivity index (χ4n) is 1.80. The number of aryl methyl sites for hydroxylation is 1. The van der Waals surface area contributed by atoms with E-state index in [1.165, 1.54) is 0 Å². The van der Waals surface area contributed by atoms with Crippen LogP contribution in [0.25, 0.3) is 0 Å². The molecule has 1 aromatic rings. The molecular weight excluding hydrogens is 274 g/mol. The van der Waals surface area contributed by atoms with Gasteiger partial charge >= 0.3 is 5.97 Å². The number of carbonyl (C=O) groups excluding carboxylic acids is 3. The molecule has 0 aliphatic rings. The summed E-state index contributed by atoms with van der Waals surface area (Å²) in [5.41, 5.74) is 0.400. The van der Waals surface area contributed by atoms with Gasteiger partial charge < -0.3 is 9.30 Å². The van der Waals surface area contributed by atoms with Crippen LogP contribution < -0.4 is 5.32 Å². The first kappa shape index (κ1) is 16.9. The van der Waals surface area contributed by atoms with E-state index in [1.807, 2.05) is 6.92 Å². The summed E-state index contributed by atoms with van der Waals surface area (Å²) in [6.45, 7) is 4.34. The highest BCUT2D eigenvalue weighted by molar-refractivity contribution is 6.04. The Bertz CT molecular complexity index is 510. The highest BCUT2D eigenvalue weighted by Crippen LogP contribution is 1.99. The molecule has 0 spiro atoms. The second-order valence-electron chi connectivity index (χ2n) is 4.49. The summed E-state index contributed by atoms with van der Waals surface area (Å²) in [5, 5.41) is 2.30. The minimum Gasteiger partial charge on any atom is -0.465 e. The van der Waals surface area contributed by atoms with Crippen molar-refractivity contribution < 1.29 is 19.1 Å².